The number of aromatic nitrogens is 1. The van der Waals surface area contributed by atoms with Gasteiger partial charge in [-0.1, -0.05) is 32.0 Å². The topological polar surface area (TPSA) is 72.8 Å². The van der Waals surface area contributed by atoms with Gasteiger partial charge in [0.15, 0.2) is 0 Å². The van der Waals surface area contributed by atoms with Crippen molar-refractivity contribution in [2.45, 2.75) is 52.1 Å². The van der Waals surface area contributed by atoms with Gasteiger partial charge in [0.05, 0.1) is 25.8 Å². The number of hydrogen-bond donors (Lipinski definition) is 1. The number of benzene rings is 2. The molecule has 3 aromatic rings. The number of pyridine rings is 1. The van der Waals surface area contributed by atoms with Crippen LogP contribution in [0.3, 0.4) is 0 Å². The number of nitrogens with one attached hydrogen (secondary N) is 1. The van der Waals surface area contributed by atoms with Crippen molar-refractivity contribution in [1.82, 2.24) is 14.8 Å². The van der Waals surface area contributed by atoms with Crippen molar-refractivity contribution >= 4 is 16.8 Å². The van der Waals surface area contributed by atoms with Crippen LogP contribution in [0.15, 0.2) is 53.3 Å². The van der Waals surface area contributed by atoms with Crippen molar-refractivity contribution < 1.29 is 14.3 Å². The van der Waals surface area contributed by atoms with Gasteiger partial charge >= 0.3 is 0 Å². The second kappa shape index (κ2) is 11.3. The third kappa shape index (κ3) is 5.94. The molecule has 1 N–H and O–H groups in total. The van der Waals surface area contributed by atoms with Crippen LogP contribution in [0.2, 0.25) is 0 Å². The number of morpholine rings is 1. The number of carbonyl (C=O) groups excluding carboxylic acids is 1. The number of amides is 1. The molecule has 7 heteroatoms. The molecular formula is C31H39N3O4. The molecule has 1 saturated heterocycles. The summed E-state index contributed by atoms with van der Waals surface area (Å²) in [5.74, 6) is 0.535. The lowest BCUT2D eigenvalue weighted by Gasteiger charge is -2.34. The van der Waals surface area contributed by atoms with E-state index in [2.05, 4.69) is 30.1 Å². The van der Waals surface area contributed by atoms with Crippen molar-refractivity contribution in [2.24, 2.45) is 5.41 Å². The van der Waals surface area contributed by atoms with Crippen molar-refractivity contribution in [1.29, 1.82) is 0 Å². The molecule has 2 aromatic carbocycles. The Morgan fingerprint density at radius 1 is 1.00 bits per heavy atom. The van der Waals surface area contributed by atoms with Crippen molar-refractivity contribution in [3.8, 4) is 16.9 Å². The first-order chi connectivity index (χ1) is 18.3. The Labute approximate surface area is 224 Å². The molecule has 1 aliphatic carbocycles. The predicted octanol–water partition coefficient (Wildman–Crippen LogP) is 4.71. The molecule has 2 fully saturated rings. The first kappa shape index (κ1) is 26.4. The summed E-state index contributed by atoms with van der Waals surface area (Å²) >= 11 is 0. The van der Waals surface area contributed by atoms with Gasteiger partial charge < -0.3 is 19.4 Å². The lowest BCUT2D eigenvalue weighted by molar-refractivity contribution is 0.0364. The van der Waals surface area contributed by atoms with E-state index >= 15 is 0 Å². The van der Waals surface area contributed by atoms with Gasteiger partial charge in [0.1, 0.15) is 11.3 Å². The molecule has 5 rings (SSSR count). The van der Waals surface area contributed by atoms with Crippen LogP contribution in [0, 0.1) is 5.41 Å². The van der Waals surface area contributed by atoms with E-state index in [4.69, 9.17) is 9.47 Å². The average Bonchev–Trinajstić information content (AvgIpc) is 2.93. The molecule has 38 heavy (non-hydrogen) atoms. The van der Waals surface area contributed by atoms with Gasteiger partial charge in [-0.05, 0) is 77.9 Å². The highest BCUT2D eigenvalue weighted by Crippen LogP contribution is 2.35. The maximum absolute atomic E-state index is 13.7. The summed E-state index contributed by atoms with van der Waals surface area (Å²) in [6.45, 7) is 8.95. The largest absolute Gasteiger partial charge is 0.497 e. The van der Waals surface area contributed by atoms with Gasteiger partial charge in [0.25, 0.3) is 11.5 Å². The molecule has 202 valence electrons. The SMILES string of the molecule is COc1ccc(-c2ccc3c(c2)cc(C(=O)NC2CCC(C)(C)CC2)c(=O)n3CCN2CCOCC2)cc1. The third-order valence-electron chi connectivity index (χ3n) is 8.18. The number of nitrogens with zero attached hydrogens (tertiary/aromatic N) is 2. The zero-order valence-electron chi connectivity index (χ0n) is 22.8. The molecule has 7 nitrogen and oxygen atoms in total. The standard InChI is InChI=1S/C31H39N3O4/c1-31(2)12-10-25(11-13-31)32-29(35)27-21-24-20-23(22-4-7-26(37-3)8-5-22)6-9-28(24)34(30(27)36)15-14-33-16-18-38-19-17-33/h4-9,20-21,25H,10-19H2,1-3H3,(H,32,35). The van der Waals surface area contributed by atoms with Gasteiger partial charge in [-0.15, -0.1) is 0 Å². The molecule has 1 saturated carbocycles. The quantitative estimate of drug-likeness (QED) is 0.492. The summed E-state index contributed by atoms with van der Waals surface area (Å²) < 4.78 is 12.6. The van der Waals surface area contributed by atoms with E-state index in [-0.39, 0.29) is 23.1 Å². The van der Waals surface area contributed by atoms with Crippen LogP contribution in [-0.4, -0.2) is 61.4 Å². The zero-order valence-corrected chi connectivity index (χ0v) is 22.8. The summed E-state index contributed by atoms with van der Waals surface area (Å²) in [6.07, 6.45) is 4.04. The molecule has 1 aliphatic heterocycles. The van der Waals surface area contributed by atoms with E-state index in [9.17, 15) is 9.59 Å². The molecule has 0 bridgehead atoms. The van der Waals surface area contributed by atoms with Gasteiger partial charge in [-0.3, -0.25) is 14.5 Å². The molecular weight excluding hydrogens is 478 g/mol. The first-order valence-corrected chi connectivity index (χ1v) is 13.8. The normalized spacial score (nSPS) is 18.4. The Bertz CT molecular complexity index is 1330. The smallest absolute Gasteiger partial charge is 0.263 e. The number of methoxy groups -OCH3 is 1. The van der Waals surface area contributed by atoms with E-state index in [0.717, 1.165) is 73.1 Å². The van der Waals surface area contributed by atoms with Crippen LogP contribution in [0.25, 0.3) is 22.0 Å². The monoisotopic (exact) mass is 517 g/mol. The Kier molecular flexibility index (Phi) is 7.86. The second-order valence-corrected chi connectivity index (χ2v) is 11.4. The summed E-state index contributed by atoms with van der Waals surface area (Å²) in [5.41, 5.74) is 3.23. The van der Waals surface area contributed by atoms with Crippen LogP contribution in [0.5, 0.6) is 5.75 Å². The predicted molar refractivity (Wildman–Crippen MR) is 151 cm³/mol. The first-order valence-electron chi connectivity index (χ1n) is 13.8. The van der Waals surface area contributed by atoms with Crippen LogP contribution >= 0.6 is 0 Å². The van der Waals surface area contributed by atoms with Crippen LogP contribution in [0.4, 0.5) is 0 Å². The molecule has 0 unspecified atom stereocenters. The lowest BCUT2D eigenvalue weighted by atomic mass is 9.75. The van der Waals surface area contributed by atoms with E-state index in [0.29, 0.717) is 25.2 Å². The minimum Gasteiger partial charge on any atom is -0.497 e. The minimum absolute atomic E-state index is 0.109. The Hall–Kier alpha value is -3.16. The summed E-state index contributed by atoms with van der Waals surface area (Å²) in [7, 11) is 1.65. The number of carbonyl (C=O) groups is 1. The average molecular weight is 518 g/mol. The van der Waals surface area contributed by atoms with Gasteiger partial charge in [0.2, 0.25) is 0 Å². The number of rotatable bonds is 7. The minimum atomic E-state index is -0.267. The van der Waals surface area contributed by atoms with Crippen LogP contribution in [-0.2, 0) is 11.3 Å². The highest BCUT2D eigenvalue weighted by molar-refractivity contribution is 5.98. The number of hydrogen-bond acceptors (Lipinski definition) is 5. The molecule has 0 spiro atoms. The second-order valence-electron chi connectivity index (χ2n) is 11.4. The van der Waals surface area contributed by atoms with E-state index in [1.807, 2.05) is 36.4 Å². The van der Waals surface area contributed by atoms with Crippen LogP contribution < -0.4 is 15.6 Å². The lowest BCUT2D eigenvalue weighted by Crippen LogP contribution is -2.43. The Balaban J connectivity index is 1.48. The van der Waals surface area contributed by atoms with E-state index in [1.54, 1.807) is 17.7 Å². The molecule has 0 radical (unpaired) electrons. The molecule has 0 atom stereocenters. The zero-order chi connectivity index (χ0) is 26.7. The summed E-state index contributed by atoms with van der Waals surface area (Å²) in [5, 5.41) is 4.06. The highest BCUT2D eigenvalue weighted by atomic mass is 16.5. The van der Waals surface area contributed by atoms with Gasteiger partial charge in [0, 0.05) is 32.2 Å². The maximum Gasteiger partial charge on any atom is 0.263 e. The van der Waals surface area contributed by atoms with Gasteiger partial charge in [-0.2, -0.15) is 0 Å². The molecule has 1 aromatic heterocycles. The summed E-state index contributed by atoms with van der Waals surface area (Å²) in [6, 6.07) is 15.9. The van der Waals surface area contributed by atoms with Crippen molar-refractivity contribution in [3.05, 3.63) is 64.4 Å². The van der Waals surface area contributed by atoms with Gasteiger partial charge in [-0.25, -0.2) is 0 Å². The Morgan fingerprint density at radius 3 is 2.37 bits per heavy atom. The Morgan fingerprint density at radius 2 is 1.68 bits per heavy atom. The highest BCUT2D eigenvalue weighted by Gasteiger charge is 2.28. The van der Waals surface area contributed by atoms with E-state index in [1.165, 1.54) is 0 Å². The molecule has 1 amide bonds. The van der Waals surface area contributed by atoms with Crippen molar-refractivity contribution in [3.63, 3.8) is 0 Å². The van der Waals surface area contributed by atoms with Crippen molar-refractivity contribution in [2.75, 3.05) is 40.0 Å². The fourth-order valence-corrected chi connectivity index (χ4v) is 5.61. The summed E-state index contributed by atoms with van der Waals surface area (Å²) in [4.78, 5) is 29.5. The number of ether oxygens (including phenoxy) is 2. The maximum atomic E-state index is 13.7. The fourth-order valence-electron chi connectivity index (χ4n) is 5.61. The van der Waals surface area contributed by atoms with Crippen LogP contribution in [0.1, 0.15) is 49.9 Å². The third-order valence-corrected chi connectivity index (χ3v) is 8.18. The number of fused-ring (bicyclic) bond motifs is 1. The van der Waals surface area contributed by atoms with E-state index < -0.39 is 0 Å². The fraction of sp³-hybridized carbons (Fsp3) is 0.484. The molecule has 2 aliphatic rings. The molecule has 2 heterocycles.